The highest BCUT2D eigenvalue weighted by Crippen LogP contribution is 2.28. The van der Waals surface area contributed by atoms with Crippen molar-refractivity contribution < 1.29 is 22.5 Å². The van der Waals surface area contributed by atoms with Gasteiger partial charge in [-0.15, -0.1) is 0 Å². The lowest BCUT2D eigenvalue weighted by Gasteiger charge is -2.11. The number of methoxy groups -OCH3 is 1. The summed E-state index contributed by atoms with van der Waals surface area (Å²) in [5, 5.41) is 9.64. The first-order chi connectivity index (χ1) is 12.9. The number of aryl methyl sites for hydroxylation is 1. The van der Waals surface area contributed by atoms with Crippen molar-refractivity contribution in [1.82, 2.24) is 15.8 Å². The van der Waals surface area contributed by atoms with Gasteiger partial charge in [0.1, 0.15) is 16.4 Å². The summed E-state index contributed by atoms with van der Waals surface area (Å²) in [6.45, 7) is 5.74. The van der Waals surface area contributed by atoms with Gasteiger partial charge >= 0.3 is 0 Å². The number of hydrogen-bond donors (Lipinski definition) is 2. The molecule has 0 aliphatic carbocycles. The van der Waals surface area contributed by atoms with E-state index in [1.165, 1.54) is 25.3 Å². The van der Waals surface area contributed by atoms with Crippen LogP contribution in [0, 0.1) is 6.92 Å². The first-order valence-corrected chi connectivity index (χ1v) is 10.3. The second-order valence-corrected chi connectivity index (χ2v) is 8.02. The lowest BCUT2D eigenvalue weighted by Crippen LogP contribution is -2.32. The molecule has 8 nitrogen and oxygen atoms in total. The van der Waals surface area contributed by atoms with Gasteiger partial charge in [0.15, 0.2) is 15.6 Å². The van der Waals surface area contributed by atoms with Gasteiger partial charge in [-0.3, -0.25) is 4.79 Å². The van der Waals surface area contributed by atoms with Gasteiger partial charge in [-0.05, 0) is 38.1 Å². The molecule has 0 radical (unpaired) electrons. The van der Waals surface area contributed by atoms with Crippen LogP contribution in [-0.2, 0) is 15.6 Å². The fourth-order valence-electron chi connectivity index (χ4n) is 2.48. The predicted octanol–water partition coefficient (Wildman–Crippen LogP) is 1.69. The molecule has 2 rings (SSSR count). The van der Waals surface area contributed by atoms with Crippen molar-refractivity contribution >= 4 is 15.7 Å². The molecule has 1 amide bonds. The van der Waals surface area contributed by atoms with Crippen LogP contribution < -0.4 is 15.4 Å². The predicted molar refractivity (Wildman–Crippen MR) is 101 cm³/mol. The molecule has 0 saturated heterocycles. The van der Waals surface area contributed by atoms with Crippen molar-refractivity contribution in [1.29, 1.82) is 0 Å². The number of ether oxygens (including phenoxy) is 1. The Hall–Kier alpha value is -2.39. The van der Waals surface area contributed by atoms with Gasteiger partial charge in [0.2, 0.25) is 0 Å². The van der Waals surface area contributed by atoms with E-state index >= 15 is 0 Å². The molecule has 1 aromatic heterocycles. The maximum atomic E-state index is 12.8. The number of benzene rings is 1. The van der Waals surface area contributed by atoms with Gasteiger partial charge in [-0.25, -0.2) is 8.42 Å². The average Bonchev–Trinajstić information content (AvgIpc) is 3.04. The maximum Gasteiger partial charge on any atom is 0.251 e. The number of nitrogens with one attached hydrogen (secondary N) is 2. The lowest BCUT2D eigenvalue weighted by molar-refractivity contribution is 0.0953. The molecular weight excluding hydrogens is 370 g/mol. The molecule has 0 unspecified atom stereocenters. The highest BCUT2D eigenvalue weighted by Gasteiger charge is 2.24. The van der Waals surface area contributed by atoms with Gasteiger partial charge in [0.05, 0.1) is 12.8 Å². The third-order valence-electron chi connectivity index (χ3n) is 3.78. The number of aromatic nitrogens is 1. The summed E-state index contributed by atoms with van der Waals surface area (Å²) in [5.41, 5.74) is 0.843. The summed E-state index contributed by atoms with van der Waals surface area (Å²) in [7, 11) is -2.40. The van der Waals surface area contributed by atoms with Crippen LogP contribution in [0.4, 0.5) is 0 Å². The molecule has 0 fully saturated rings. The number of carbonyl (C=O) groups excluding carboxylic acids is 1. The van der Waals surface area contributed by atoms with E-state index in [2.05, 4.69) is 22.7 Å². The van der Waals surface area contributed by atoms with Crippen LogP contribution in [0.25, 0.3) is 0 Å². The second kappa shape index (κ2) is 9.52. The maximum absolute atomic E-state index is 12.8. The zero-order chi connectivity index (χ0) is 19.9. The number of hydrogen-bond acceptors (Lipinski definition) is 7. The standard InChI is InChI=1S/C18H25N3O5S/c1-4-7-19-8-9-20-18(22)14-5-6-16(25-3)17(11-14)27(23,24)12-15-10-13(2)21-26-15/h5-6,10-11,19H,4,7-9,12H2,1-3H3,(H,20,22). The van der Waals surface area contributed by atoms with Crippen LogP contribution in [0.15, 0.2) is 33.7 Å². The van der Waals surface area contributed by atoms with Crippen LogP contribution in [-0.4, -0.2) is 46.2 Å². The van der Waals surface area contributed by atoms with Crippen molar-refractivity contribution in [2.24, 2.45) is 0 Å². The lowest BCUT2D eigenvalue weighted by atomic mass is 10.2. The van der Waals surface area contributed by atoms with Crippen molar-refractivity contribution in [2.75, 3.05) is 26.7 Å². The first-order valence-electron chi connectivity index (χ1n) is 8.69. The summed E-state index contributed by atoms with van der Waals surface area (Å²) >= 11 is 0. The highest BCUT2D eigenvalue weighted by atomic mass is 32.2. The van der Waals surface area contributed by atoms with Gasteiger partial charge in [0, 0.05) is 24.7 Å². The smallest absolute Gasteiger partial charge is 0.251 e. The van der Waals surface area contributed by atoms with Crippen LogP contribution in [0.1, 0.15) is 35.2 Å². The number of sulfone groups is 1. The van der Waals surface area contributed by atoms with Crippen molar-refractivity contribution in [2.45, 2.75) is 30.9 Å². The van der Waals surface area contributed by atoms with Crippen LogP contribution in [0.3, 0.4) is 0 Å². The van der Waals surface area contributed by atoms with E-state index in [0.29, 0.717) is 18.8 Å². The minimum Gasteiger partial charge on any atom is -0.495 e. The molecule has 0 aliphatic rings. The monoisotopic (exact) mass is 395 g/mol. The summed E-state index contributed by atoms with van der Waals surface area (Å²) in [6, 6.07) is 5.89. The fourth-order valence-corrected chi connectivity index (χ4v) is 3.91. The minimum atomic E-state index is -3.78. The molecule has 0 aliphatic heterocycles. The van der Waals surface area contributed by atoms with E-state index in [9.17, 15) is 13.2 Å². The zero-order valence-electron chi connectivity index (χ0n) is 15.7. The summed E-state index contributed by atoms with van der Waals surface area (Å²) in [5.74, 6) is -0.308. The number of rotatable bonds is 10. The SMILES string of the molecule is CCCNCCNC(=O)c1ccc(OC)c(S(=O)(=O)Cc2cc(C)no2)c1. The zero-order valence-corrected chi connectivity index (χ0v) is 16.6. The Balaban J connectivity index is 2.17. The normalized spacial score (nSPS) is 11.4. The third-order valence-corrected chi connectivity index (χ3v) is 5.44. The van der Waals surface area contributed by atoms with Crippen LogP contribution >= 0.6 is 0 Å². The Morgan fingerprint density at radius 2 is 2.00 bits per heavy atom. The Kier molecular flexibility index (Phi) is 7.37. The highest BCUT2D eigenvalue weighted by molar-refractivity contribution is 7.90. The van der Waals surface area contributed by atoms with Crippen molar-refractivity contribution in [3.63, 3.8) is 0 Å². The molecule has 1 aromatic carbocycles. The van der Waals surface area contributed by atoms with E-state index in [1.807, 2.05) is 0 Å². The molecule has 2 aromatic rings. The molecule has 9 heteroatoms. The minimum absolute atomic E-state index is 0.0594. The first kappa shape index (κ1) is 20.9. The van der Waals surface area contributed by atoms with E-state index in [1.54, 1.807) is 13.0 Å². The third kappa shape index (κ3) is 5.80. The van der Waals surface area contributed by atoms with E-state index in [0.717, 1.165) is 13.0 Å². The second-order valence-electron chi connectivity index (χ2n) is 6.07. The van der Waals surface area contributed by atoms with Crippen LogP contribution in [0.2, 0.25) is 0 Å². The topological polar surface area (TPSA) is 111 Å². The summed E-state index contributed by atoms with van der Waals surface area (Å²) in [4.78, 5) is 12.3. The molecule has 27 heavy (non-hydrogen) atoms. The summed E-state index contributed by atoms with van der Waals surface area (Å²) < 4.78 is 35.7. The largest absolute Gasteiger partial charge is 0.495 e. The quantitative estimate of drug-likeness (QED) is 0.589. The molecule has 0 atom stereocenters. The Bertz CT molecular complexity index is 877. The van der Waals surface area contributed by atoms with Crippen molar-refractivity contribution in [3.8, 4) is 5.75 Å². The molecule has 0 bridgehead atoms. The van der Waals surface area contributed by atoms with Crippen LogP contribution in [0.5, 0.6) is 5.75 Å². The Morgan fingerprint density at radius 3 is 2.63 bits per heavy atom. The molecular formula is C18H25N3O5S. The molecule has 0 saturated carbocycles. The molecule has 148 valence electrons. The Labute approximate surface area is 159 Å². The van der Waals surface area contributed by atoms with E-state index in [-0.39, 0.29) is 33.6 Å². The fraction of sp³-hybridized carbons (Fsp3) is 0.444. The molecule has 1 heterocycles. The van der Waals surface area contributed by atoms with Gasteiger partial charge in [-0.2, -0.15) is 0 Å². The van der Waals surface area contributed by atoms with Crippen molar-refractivity contribution in [3.05, 3.63) is 41.3 Å². The number of amides is 1. The van der Waals surface area contributed by atoms with Gasteiger partial charge in [0.25, 0.3) is 5.91 Å². The average molecular weight is 395 g/mol. The number of carbonyl (C=O) groups is 1. The van der Waals surface area contributed by atoms with Gasteiger partial charge in [-0.1, -0.05) is 12.1 Å². The number of nitrogens with zero attached hydrogens (tertiary/aromatic N) is 1. The molecule has 0 spiro atoms. The van der Waals surface area contributed by atoms with Gasteiger partial charge < -0.3 is 19.9 Å². The van der Waals surface area contributed by atoms with E-state index in [4.69, 9.17) is 9.26 Å². The Morgan fingerprint density at radius 1 is 1.22 bits per heavy atom. The summed E-state index contributed by atoms with van der Waals surface area (Å²) in [6.07, 6.45) is 1.01. The van der Waals surface area contributed by atoms with E-state index < -0.39 is 9.84 Å². The molecule has 2 N–H and O–H groups in total.